The van der Waals surface area contributed by atoms with Gasteiger partial charge in [-0.15, -0.1) is 0 Å². The molecule has 1 atom stereocenters. The summed E-state index contributed by atoms with van der Waals surface area (Å²) in [5.41, 5.74) is 1.90. The average Bonchev–Trinajstić information content (AvgIpc) is 2.77. The molecule has 3 rings (SSSR count). The molecule has 0 fully saturated rings. The average molecular weight is 391 g/mol. The van der Waals surface area contributed by atoms with Gasteiger partial charge in [-0.1, -0.05) is 54.6 Å². The van der Waals surface area contributed by atoms with Gasteiger partial charge in [0.15, 0.2) is 0 Å². The lowest BCUT2D eigenvalue weighted by molar-refractivity contribution is -0.145. The fraction of sp³-hybridized carbons (Fsp3) is 0.250. The fourth-order valence-corrected chi connectivity index (χ4v) is 3.03. The van der Waals surface area contributed by atoms with Gasteiger partial charge in [0.25, 0.3) is 0 Å². The van der Waals surface area contributed by atoms with Gasteiger partial charge in [0.05, 0.1) is 19.4 Å². The lowest BCUT2D eigenvalue weighted by Crippen LogP contribution is -2.25. The fourth-order valence-electron chi connectivity index (χ4n) is 3.03. The number of carbonyl (C=O) groups excluding carboxylic acids is 2. The number of benzene rings is 3. The normalized spacial score (nSPS) is 11.7. The van der Waals surface area contributed by atoms with Gasteiger partial charge >= 0.3 is 5.97 Å². The van der Waals surface area contributed by atoms with E-state index >= 15 is 0 Å². The van der Waals surface area contributed by atoms with Crippen molar-refractivity contribution in [2.75, 3.05) is 13.7 Å². The summed E-state index contributed by atoms with van der Waals surface area (Å²) in [6.45, 7) is 2.34. The van der Waals surface area contributed by atoms with Gasteiger partial charge in [-0.05, 0) is 41.0 Å². The highest BCUT2D eigenvalue weighted by Crippen LogP contribution is 2.25. The summed E-state index contributed by atoms with van der Waals surface area (Å²) < 4.78 is 10.5. The first-order valence-electron chi connectivity index (χ1n) is 9.62. The SMILES string of the molecule is COc1ccc2cc([C@H](C)C(=O)OCCC(=O)NCc3ccccc3)ccc2c1. The molecule has 1 N–H and O–H groups in total. The van der Waals surface area contributed by atoms with E-state index in [0.717, 1.165) is 27.6 Å². The minimum Gasteiger partial charge on any atom is -0.497 e. The van der Waals surface area contributed by atoms with Crippen molar-refractivity contribution < 1.29 is 19.1 Å². The largest absolute Gasteiger partial charge is 0.497 e. The lowest BCUT2D eigenvalue weighted by Gasteiger charge is -2.13. The summed E-state index contributed by atoms with van der Waals surface area (Å²) in [6.07, 6.45) is 0.142. The summed E-state index contributed by atoms with van der Waals surface area (Å²) in [6, 6.07) is 21.3. The van der Waals surface area contributed by atoms with Crippen molar-refractivity contribution >= 4 is 22.6 Å². The second-order valence-electron chi connectivity index (χ2n) is 6.87. The van der Waals surface area contributed by atoms with Crippen LogP contribution in [-0.2, 0) is 20.9 Å². The first-order valence-corrected chi connectivity index (χ1v) is 9.62. The zero-order valence-electron chi connectivity index (χ0n) is 16.7. The molecule has 0 aliphatic heterocycles. The molecule has 5 heteroatoms. The molecule has 0 aromatic heterocycles. The number of carbonyl (C=O) groups is 2. The third-order valence-corrected chi connectivity index (χ3v) is 4.83. The number of methoxy groups -OCH3 is 1. The molecule has 0 unspecified atom stereocenters. The summed E-state index contributed by atoms with van der Waals surface area (Å²) in [4.78, 5) is 24.3. The number of fused-ring (bicyclic) bond motifs is 1. The Morgan fingerprint density at radius 2 is 1.69 bits per heavy atom. The zero-order valence-corrected chi connectivity index (χ0v) is 16.7. The van der Waals surface area contributed by atoms with Crippen LogP contribution in [0.4, 0.5) is 0 Å². The van der Waals surface area contributed by atoms with Gasteiger partial charge in [0, 0.05) is 6.54 Å². The number of ether oxygens (including phenoxy) is 2. The first kappa shape index (κ1) is 20.4. The van der Waals surface area contributed by atoms with Crippen LogP contribution in [0.15, 0.2) is 66.7 Å². The number of esters is 1. The van der Waals surface area contributed by atoms with Crippen molar-refractivity contribution in [1.29, 1.82) is 0 Å². The van der Waals surface area contributed by atoms with Gasteiger partial charge in [-0.3, -0.25) is 9.59 Å². The molecule has 3 aromatic carbocycles. The van der Waals surface area contributed by atoms with Gasteiger partial charge in [-0.25, -0.2) is 0 Å². The van der Waals surface area contributed by atoms with Crippen LogP contribution in [0.2, 0.25) is 0 Å². The number of rotatable bonds is 8. The van der Waals surface area contributed by atoms with E-state index in [0.29, 0.717) is 6.54 Å². The molecule has 3 aromatic rings. The highest BCUT2D eigenvalue weighted by molar-refractivity contribution is 5.87. The predicted octanol–water partition coefficient (Wildman–Crippen LogP) is 4.20. The zero-order chi connectivity index (χ0) is 20.6. The molecule has 150 valence electrons. The van der Waals surface area contributed by atoms with E-state index in [9.17, 15) is 9.59 Å². The Labute approximate surface area is 170 Å². The van der Waals surface area contributed by atoms with Crippen LogP contribution < -0.4 is 10.1 Å². The minimum absolute atomic E-state index is 0.0641. The van der Waals surface area contributed by atoms with Crippen LogP contribution in [0.3, 0.4) is 0 Å². The molecule has 0 spiro atoms. The second-order valence-corrected chi connectivity index (χ2v) is 6.87. The van der Waals surface area contributed by atoms with E-state index in [4.69, 9.17) is 9.47 Å². The number of nitrogens with one attached hydrogen (secondary N) is 1. The highest BCUT2D eigenvalue weighted by Gasteiger charge is 2.17. The summed E-state index contributed by atoms with van der Waals surface area (Å²) in [5, 5.41) is 4.90. The number of amides is 1. The molecule has 0 aliphatic rings. The molecule has 29 heavy (non-hydrogen) atoms. The quantitative estimate of drug-likeness (QED) is 0.585. The molecule has 0 bridgehead atoms. The van der Waals surface area contributed by atoms with Crippen molar-refractivity contribution in [2.45, 2.75) is 25.8 Å². The molecule has 0 aliphatic carbocycles. The molecule has 1 amide bonds. The van der Waals surface area contributed by atoms with Crippen LogP contribution in [0.5, 0.6) is 5.75 Å². The Balaban J connectivity index is 1.48. The highest BCUT2D eigenvalue weighted by atomic mass is 16.5. The summed E-state index contributed by atoms with van der Waals surface area (Å²) in [7, 11) is 1.63. The molecular weight excluding hydrogens is 366 g/mol. The minimum atomic E-state index is -0.408. The third-order valence-electron chi connectivity index (χ3n) is 4.83. The van der Waals surface area contributed by atoms with Crippen LogP contribution in [0.25, 0.3) is 10.8 Å². The van der Waals surface area contributed by atoms with E-state index in [1.807, 2.05) is 73.7 Å². The Morgan fingerprint density at radius 1 is 0.966 bits per heavy atom. The maximum atomic E-state index is 12.4. The Bertz CT molecular complexity index is 985. The second kappa shape index (κ2) is 9.73. The van der Waals surface area contributed by atoms with E-state index < -0.39 is 5.92 Å². The van der Waals surface area contributed by atoms with Crippen LogP contribution in [0, 0.1) is 0 Å². The van der Waals surface area contributed by atoms with Gasteiger partial charge in [-0.2, -0.15) is 0 Å². The van der Waals surface area contributed by atoms with Gasteiger partial charge < -0.3 is 14.8 Å². The molecule has 0 saturated heterocycles. The first-order chi connectivity index (χ1) is 14.1. The van der Waals surface area contributed by atoms with Crippen molar-refractivity contribution in [1.82, 2.24) is 5.32 Å². The maximum Gasteiger partial charge on any atom is 0.313 e. The van der Waals surface area contributed by atoms with Crippen LogP contribution in [0.1, 0.15) is 30.4 Å². The Morgan fingerprint density at radius 3 is 2.45 bits per heavy atom. The number of hydrogen-bond donors (Lipinski definition) is 1. The summed E-state index contributed by atoms with van der Waals surface area (Å²) >= 11 is 0. The van der Waals surface area contributed by atoms with E-state index in [1.54, 1.807) is 7.11 Å². The van der Waals surface area contributed by atoms with Gasteiger partial charge in [0.1, 0.15) is 12.4 Å². The standard InChI is InChI=1S/C24H25NO4/c1-17(19-8-9-21-15-22(28-2)11-10-20(21)14-19)24(27)29-13-12-23(26)25-16-18-6-4-3-5-7-18/h3-11,14-15,17H,12-13,16H2,1-2H3,(H,25,26)/t17-/m0/s1. The third kappa shape index (κ3) is 5.57. The van der Waals surface area contributed by atoms with Crippen LogP contribution >= 0.6 is 0 Å². The topological polar surface area (TPSA) is 64.6 Å². The molecule has 0 heterocycles. The predicted molar refractivity (Wildman–Crippen MR) is 113 cm³/mol. The Kier molecular flexibility index (Phi) is 6.85. The van der Waals surface area contributed by atoms with Crippen molar-refractivity contribution in [3.63, 3.8) is 0 Å². The molecular formula is C24H25NO4. The Hall–Kier alpha value is -3.34. The van der Waals surface area contributed by atoms with Crippen molar-refractivity contribution in [3.05, 3.63) is 77.9 Å². The van der Waals surface area contributed by atoms with Crippen molar-refractivity contribution in [2.24, 2.45) is 0 Å². The maximum absolute atomic E-state index is 12.4. The van der Waals surface area contributed by atoms with E-state index in [1.165, 1.54) is 0 Å². The van der Waals surface area contributed by atoms with Gasteiger partial charge in [0.2, 0.25) is 5.91 Å². The molecule has 0 saturated carbocycles. The van der Waals surface area contributed by atoms with E-state index in [2.05, 4.69) is 5.32 Å². The number of hydrogen-bond acceptors (Lipinski definition) is 4. The van der Waals surface area contributed by atoms with E-state index in [-0.39, 0.29) is 24.9 Å². The van der Waals surface area contributed by atoms with Crippen molar-refractivity contribution in [3.8, 4) is 5.75 Å². The summed E-state index contributed by atoms with van der Waals surface area (Å²) in [5.74, 6) is -0.0974. The smallest absolute Gasteiger partial charge is 0.313 e. The molecule has 5 nitrogen and oxygen atoms in total. The lowest BCUT2D eigenvalue weighted by atomic mass is 9.98. The molecule has 0 radical (unpaired) electrons. The monoisotopic (exact) mass is 391 g/mol. The van der Waals surface area contributed by atoms with Crippen LogP contribution in [-0.4, -0.2) is 25.6 Å².